The van der Waals surface area contributed by atoms with Crippen LogP contribution >= 0.6 is 0 Å². The summed E-state index contributed by atoms with van der Waals surface area (Å²) in [5.74, 6) is 0. The van der Waals surface area contributed by atoms with Gasteiger partial charge in [-0.2, -0.15) is 0 Å². The van der Waals surface area contributed by atoms with Crippen LogP contribution in [0.5, 0.6) is 0 Å². The fourth-order valence-corrected chi connectivity index (χ4v) is 3.11. The molecule has 0 unspecified atom stereocenters. The standard InChI is InChI=1S/C23H33NO2/c1-5-20(4)24(14-22-12-11-18(2)13-19(22)3)15-23(25)17-26-16-21-9-7-6-8-10-21/h6-13,20,23,25H,5,14-17H2,1-4H3/t20-,23-/m1/s1. The van der Waals surface area contributed by atoms with Crippen LogP contribution in [0.1, 0.15) is 42.5 Å². The zero-order valence-electron chi connectivity index (χ0n) is 16.6. The lowest BCUT2D eigenvalue weighted by Crippen LogP contribution is -2.40. The summed E-state index contributed by atoms with van der Waals surface area (Å²) in [6.45, 7) is 11.1. The predicted octanol–water partition coefficient (Wildman–Crippen LogP) is 4.48. The Labute approximate surface area is 158 Å². The summed E-state index contributed by atoms with van der Waals surface area (Å²) in [7, 11) is 0. The van der Waals surface area contributed by atoms with Gasteiger partial charge in [0.2, 0.25) is 0 Å². The molecule has 2 atom stereocenters. The van der Waals surface area contributed by atoms with Crippen LogP contribution in [0.25, 0.3) is 0 Å². The van der Waals surface area contributed by atoms with Gasteiger partial charge in [-0.15, -0.1) is 0 Å². The van der Waals surface area contributed by atoms with Crippen molar-refractivity contribution in [2.75, 3.05) is 13.2 Å². The van der Waals surface area contributed by atoms with Crippen LogP contribution in [0.4, 0.5) is 0 Å². The molecule has 3 heteroatoms. The van der Waals surface area contributed by atoms with Crippen molar-refractivity contribution in [3.63, 3.8) is 0 Å². The van der Waals surface area contributed by atoms with Gasteiger partial charge in [0.15, 0.2) is 0 Å². The number of rotatable bonds is 10. The molecule has 0 heterocycles. The molecule has 0 aliphatic rings. The van der Waals surface area contributed by atoms with E-state index in [4.69, 9.17) is 4.74 Å². The van der Waals surface area contributed by atoms with E-state index >= 15 is 0 Å². The SMILES string of the molecule is CC[C@@H](C)N(Cc1ccc(C)cc1C)C[C@@H](O)COCc1ccccc1. The molecule has 0 spiro atoms. The highest BCUT2D eigenvalue weighted by molar-refractivity contribution is 5.30. The van der Waals surface area contributed by atoms with Crippen molar-refractivity contribution in [3.05, 3.63) is 70.8 Å². The van der Waals surface area contributed by atoms with Crippen molar-refractivity contribution in [1.82, 2.24) is 4.90 Å². The summed E-state index contributed by atoms with van der Waals surface area (Å²) in [5, 5.41) is 10.5. The number of hydrogen-bond acceptors (Lipinski definition) is 3. The summed E-state index contributed by atoms with van der Waals surface area (Å²) in [6.07, 6.45) is 0.571. The highest BCUT2D eigenvalue weighted by Crippen LogP contribution is 2.16. The van der Waals surface area contributed by atoms with Crippen LogP contribution in [0.2, 0.25) is 0 Å². The third kappa shape index (κ3) is 6.56. The van der Waals surface area contributed by atoms with E-state index in [0.29, 0.717) is 25.8 Å². The fraction of sp³-hybridized carbons (Fsp3) is 0.478. The Bertz CT molecular complexity index is 657. The molecule has 0 radical (unpaired) electrons. The first kappa shape index (κ1) is 20.6. The third-order valence-corrected chi connectivity index (χ3v) is 4.95. The van der Waals surface area contributed by atoms with E-state index < -0.39 is 6.10 Å². The van der Waals surface area contributed by atoms with Gasteiger partial charge in [-0.3, -0.25) is 4.90 Å². The number of aryl methyl sites for hydroxylation is 2. The van der Waals surface area contributed by atoms with E-state index in [2.05, 4.69) is 50.8 Å². The summed E-state index contributed by atoms with van der Waals surface area (Å²) in [6, 6.07) is 17.1. The maximum atomic E-state index is 10.5. The second-order valence-electron chi connectivity index (χ2n) is 7.27. The average molecular weight is 356 g/mol. The minimum atomic E-state index is -0.488. The lowest BCUT2D eigenvalue weighted by atomic mass is 10.0. The van der Waals surface area contributed by atoms with Gasteiger partial charge in [0.05, 0.1) is 19.3 Å². The van der Waals surface area contributed by atoms with Crippen LogP contribution < -0.4 is 0 Å². The number of aliphatic hydroxyl groups is 1. The van der Waals surface area contributed by atoms with Crippen LogP contribution in [-0.2, 0) is 17.9 Å². The molecular formula is C23H33NO2. The summed E-state index contributed by atoms with van der Waals surface area (Å²) >= 11 is 0. The van der Waals surface area contributed by atoms with E-state index in [1.165, 1.54) is 16.7 Å². The molecule has 26 heavy (non-hydrogen) atoms. The van der Waals surface area contributed by atoms with E-state index in [0.717, 1.165) is 18.5 Å². The molecule has 0 fully saturated rings. The Morgan fingerprint density at radius 1 is 1.08 bits per heavy atom. The second kappa shape index (κ2) is 10.5. The normalized spacial score (nSPS) is 13.8. The monoisotopic (exact) mass is 355 g/mol. The fourth-order valence-electron chi connectivity index (χ4n) is 3.11. The topological polar surface area (TPSA) is 32.7 Å². The zero-order chi connectivity index (χ0) is 18.9. The molecule has 0 bridgehead atoms. The Morgan fingerprint density at radius 3 is 2.46 bits per heavy atom. The molecule has 0 amide bonds. The van der Waals surface area contributed by atoms with Crippen molar-refractivity contribution in [2.45, 2.75) is 59.4 Å². The maximum absolute atomic E-state index is 10.5. The number of nitrogens with zero attached hydrogens (tertiary/aromatic N) is 1. The third-order valence-electron chi connectivity index (χ3n) is 4.95. The number of ether oxygens (including phenoxy) is 1. The lowest BCUT2D eigenvalue weighted by Gasteiger charge is -2.31. The van der Waals surface area contributed by atoms with Gasteiger partial charge >= 0.3 is 0 Å². The quantitative estimate of drug-likeness (QED) is 0.682. The van der Waals surface area contributed by atoms with E-state index in [-0.39, 0.29) is 0 Å². The van der Waals surface area contributed by atoms with Gasteiger partial charge in [0.25, 0.3) is 0 Å². The van der Waals surface area contributed by atoms with E-state index in [1.807, 2.05) is 30.3 Å². The summed E-state index contributed by atoms with van der Waals surface area (Å²) in [5.41, 5.74) is 5.06. The van der Waals surface area contributed by atoms with Crippen molar-refractivity contribution in [2.24, 2.45) is 0 Å². The zero-order valence-corrected chi connectivity index (χ0v) is 16.6. The molecule has 0 aliphatic heterocycles. The van der Waals surface area contributed by atoms with Gasteiger partial charge in [-0.05, 0) is 43.9 Å². The number of hydrogen-bond donors (Lipinski definition) is 1. The smallest absolute Gasteiger partial charge is 0.0900 e. The molecule has 1 N–H and O–H groups in total. The van der Waals surface area contributed by atoms with E-state index in [9.17, 15) is 5.11 Å². The van der Waals surface area contributed by atoms with Crippen molar-refractivity contribution < 1.29 is 9.84 Å². The Hall–Kier alpha value is -1.68. The van der Waals surface area contributed by atoms with Gasteiger partial charge in [-0.1, -0.05) is 61.0 Å². The maximum Gasteiger partial charge on any atom is 0.0900 e. The van der Waals surface area contributed by atoms with Crippen LogP contribution in [-0.4, -0.2) is 35.3 Å². The molecular weight excluding hydrogens is 322 g/mol. The highest BCUT2D eigenvalue weighted by atomic mass is 16.5. The number of benzene rings is 2. The summed E-state index contributed by atoms with van der Waals surface area (Å²) in [4.78, 5) is 2.36. The van der Waals surface area contributed by atoms with E-state index in [1.54, 1.807) is 0 Å². The Morgan fingerprint density at radius 2 is 1.81 bits per heavy atom. The van der Waals surface area contributed by atoms with Crippen molar-refractivity contribution >= 4 is 0 Å². The predicted molar refractivity (Wildman–Crippen MR) is 108 cm³/mol. The summed E-state index contributed by atoms with van der Waals surface area (Å²) < 4.78 is 5.71. The highest BCUT2D eigenvalue weighted by Gasteiger charge is 2.18. The molecule has 142 valence electrons. The molecule has 2 aromatic rings. The second-order valence-corrected chi connectivity index (χ2v) is 7.27. The van der Waals surface area contributed by atoms with Gasteiger partial charge in [0.1, 0.15) is 0 Å². The van der Waals surface area contributed by atoms with Crippen LogP contribution in [0.15, 0.2) is 48.5 Å². The Balaban J connectivity index is 1.89. The molecule has 0 saturated carbocycles. The molecule has 2 aromatic carbocycles. The lowest BCUT2D eigenvalue weighted by molar-refractivity contribution is 0.00141. The first-order valence-corrected chi connectivity index (χ1v) is 9.59. The Kier molecular flexibility index (Phi) is 8.30. The molecule has 0 aromatic heterocycles. The van der Waals surface area contributed by atoms with Gasteiger partial charge in [-0.25, -0.2) is 0 Å². The molecule has 2 rings (SSSR count). The first-order chi connectivity index (χ1) is 12.5. The molecule has 3 nitrogen and oxygen atoms in total. The molecule has 0 aliphatic carbocycles. The molecule has 0 saturated heterocycles. The van der Waals surface area contributed by atoms with Crippen molar-refractivity contribution in [1.29, 1.82) is 0 Å². The van der Waals surface area contributed by atoms with Crippen LogP contribution in [0, 0.1) is 13.8 Å². The van der Waals surface area contributed by atoms with Gasteiger partial charge in [0, 0.05) is 19.1 Å². The largest absolute Gasteiger partial charge is 0.389 e. The minimum absolute atomic E-state index is 0.356. The first-order valence-electron chi connectivity index (χ1n) is 9.59. The average Bonchev–Trinajstić information content (AvgIpc) is 2.63. The van der Waals surface area contributed by atoms with Crippen molar-refractivity contribution in [3.8, 4) is 0 Å². The number of aliphatic hydroxyl groups excluding tert-OH is 1. The van der Waals surface area contributed by atoms with Gasteiger partial charge < -0.3 is 9.84 Å². The minimum Gasteiger partial charge on any atom is -0.389 e. The van der Waals surface area contributed by atoms with Crippen LogP contribution in [0.3, 0.4) is 0 Å².